The van der Waals surface area contributed by atoms with Crippen molar-refractivity contribution in [3.8, 4) is 16.8 Å². The highest BCUT2D eigenvalue weighted by Gasteiger charge is 2.17. The Morgan fingerprint density at radius 1 is 0.852 bits per heavy atom. The first-order chi connectivity index (χ1) is 13.2. The maximum Gasteiger partial charge on any atom is 0.277 e. The topological polar surface area (TPSA) is 48.1 Å². The molecule has 2 heterocycles. The molecule has 2 aromatic heterocycles. The van der Waals surface area contributed by atoms with Crippen LogP contribution in [0.1, 0.15) is 0 Å². The Balaban J connectivity index is 1.81. The summed E-state index contributed by atoms with van der Waals surface area (Å²) in [4.78, 5) is 12.3. The van der Waals surface area contributed by atoms with Gasteiger partial charge in [-0.05, 0) is 47.3 Å². The standard InChI is InChI=1S/C22H14N2O2S/c25-24(26)21-9-5-4-8-17(21)15-10-11-20-19(14-15)18-12-13-27-22(18)23(20)16-6-2-1-3-7-16/h1-14H. The summed E-state index contributed by atoms with van der Waals surface area (Å²) >= 11 is 1.70. The van der Waals surface area contributed by atoms with Crippen molar-refractivity contribution in [3.05, 3.63) is 94.4 Å². The molecule has 4 nitrogen and oxygen atoms in total. The smallest absolute Gasteiger partial charge is 0.277 e. The first kappa shape index (κ1) is 15.8. The first-order valence-corrected chi connectivity index (χ1v) is 9.43. The van der Waals surface area contributed by atoms with E-state index in [1.165, 1.54) is 10.2 Å². The van der Waals surface area contributed by atoms with Crippen LogP contribution >= 0.6 is 11.3 Å². The Hall–Kier alpha value is -3.44. The summed E-state index contributed by atoms with van der Waals surface area (Å²) in [6.45, 7) is 0. The van der Waals surface area contributed by atoms with Crippen LogP contribution in [0.25, 0.3) is 37.9 Å². The van der Waals surface area contributed by atoms with E-state index in [0.717, 1.165) is 22.2 Å². The monoisotopic (exact) mass is 370 g/mol. The summed E-state index contributed by atoms with van der Waals surface area (Å²) in [6, 6.07) is 25.3. The molecule has 0 atom stereocenters. The second-order valence-corrected chi connectivity index (χ2v) is 7.21. The quantitative estimate of drug-likeness (QED) is 0.272. The predicted octanol–water partition coefficient (Wildman–Crippen LogP) is 6.42. The van der Waals surface area contributed by atoms with E-state index in [1.807, 2.05) is 30.3 Å². The Morgan fingerprint density at radius 3 is 2.44 bits per heavy atom. The largest absolute Gasteiger partial charge is 0.301 e. The molecule has 130 valence electrons. The van der Waals surface area contributed by atoms with Gasteiger partial charge in [0.25, 0.3) is 5.69 Å². The van der Waals surface area contributed by atoms with E-state index < -0.39 is 0 Å². The fourth-order valence-corrected chi connectivity index (χ4v) is 4.56. The zero-order valence-corrected chi connectivity index (χ0v) is 15.0. The Kier molecular flexibility index (Phi) is 3.55. The number of nitro groups is 1. The molecular formula is C22H14N2O2S. The van der Waals surface area contributed by atoms with Gasteiger partial charge in [0.1, 0.15) is 4.83 Å². The fourth-order valence-electron chi connectivity index (χ4n) is 3.61. The lowest BCUT2D eigenvalue weighted by Gasteiger charge is -2.07. The second-order valence-electron chi connectivity index (χ2n) is 6.32. The molecule has 27 heavy (non-hydrogen) atoms. The van der Waals surface area contributed by atoms with Crippen molar-refractivity contribution in [1.29, 1.82) is 0 Å². The van der Waals surface area contributed by atoms with Gasteiger partial charge < -0.3 is 4.57 Å². The third-order valence-electron chi connectivity index (χ3n) is 4.80. The van der Waals surface area contributed by atoms with Crippen molar-refractivity contribution in [2.45, 2.75) is 0 Å². The number of thiophene rings is 1. The van der Waals surface area contributed by atoms with Gasteiger partial charge >= 0.3 is 0 Å². The normalized spacial score (nSPS) is 11.3. The van der Waals surface area contributed by atoms with Crippen LogP contribution in [0.3, 0.4) is 0 Å². The highest BCUT2D eigenvalue weighted by Crippen LogP contribution is 2.38. The van der Waals surface area contributed by atoms with Crippen molar-refractivity contribution in [3.63, 3.8) is 0 Å². The van der Waals surface area contributed by atoms with Crippen LogP contribution in [0.5, 0.6) is 0 Å². The summed E-state index contributed by atoms with van der Waals surface area (Å²) in [5, 5.41) is 15.8. The molecule has 0 spiro atoms. The summed E-state index contributed by atoms with van der Waals surface area (Å²) < 4.78 is 2.25. The van der Waals surface area contributed by atoms with E-state index in [-0.39, 0.29) is 10.6 Å². The van der Waals surface area contributed by atoms with Crippen molar-refractivity contribution in [1.82, 2.24) is 4.57 Å². The average molecular weight is 370 g/mol. The van der Waals surface area contributed by atoms with Crippen LogP contribution < -0.4 is 0 Å². The number of aromatic nitrogens is 1. The number of rotatable bonds is 3. The van der Waals surface area contributed by atoms with Crippen LogP contribution in [-0.4, -0.2) is 9.49 Å². The Labute approximate surface area is 159 Å². The van der Waals surface area contributed by atoms with Gasteiger partial charge in [-0.3, -0.25) is 10.1 Å². The number of benzene rings is 3. The SMILES string of the molecule is O=[N+]([O-])c1ccccc1-c1ccc2c(c1)c1ccsc1n2-c1ccccc1. The molecule has 0 saturated heterocycles. The molecule has 0 aliphatic rings. The minimum atomic E-state index is -0.325. The van der Waals surface area contributed by atoms with Crippen LogP contribution in [0.4, 0.5) is 5.69 Å². The van der Waals surface area contributed by atoms with Crippen molar-refractivity contribution >= 4 is 38.1 Å². The fraction of sp³-hybridized carbons (Fsp3) is 0. The molecule has 0 unspecified atom stereocenters. The van der Waals surface area contributed by atoms with Crippen LogP contribution in [0, 0.1) is 10.1 Å². The summed E-state index contributed by atoms with van der Waals surface area (Å²) in [7, 11) is 0. The molecule has 0 aliphatic carbocycles. The van der Waals surface area contributed by atoms with Crippen molar-refractivity contribution in [2.75, 3.05) is 0 Å². The highest BCUT2D eigenvalue weighted by molar-refractivity contribution is 7.17. The lowest BCUT2D eigenvalue weighted by molar-refractivity contribution is -0.384. The molecule has 5 rings (SSSR count). The number of para-hydroxylation sites is 2. The third kappa shape index (κ3) is 2.44. The molecular weight excluding hydrogens is 356 g/mol. The molecule has 5 aromatic rings. The van der Waals surface area contributed by atoms with Gasteiger partial charge in [-0.2, -0.15) is 0 Å². The van der Waals surface area contributed by atoms with Crippen molar-refractivity contribution < 1.29 is 4.92 Å². The molecule has 0 amide bonds. The molecule has 0 radical (unpaired) electrons. The van der Waals surface area contributed by atoms with Gasteiger partial charge in [0, 0.05) is 22.5 Å². The summed E-state index contributed by atoms with van der Waals surface area (Å²) in [5.41, 5.74) is 3.83. The predicted molar refractivity (Wildman–Crippen MR) is 111 cm³/mol. The zero-order chi connectivity index (χ0) is 18.4. The lowest BCUT2D eigenvalue weighted by Crippen LogP contribution is -1.93. The maximum absolute atomic E-state index is 11.4. The Morgan fingerprint density at radius 2 is 1.63 bits per heavy atom. The molecule has 0 fully saturated rings. The number of nitrogens with zero attached hydrogens (tertiary/aromatic N) is 2. The number of hydrogen-bond donors (Lipinski definition) is 0. The van der Waals surface area contributed by atoms with Crippen LogP contribution in [0.2, 0.25) is 0 Å². The van der Waals surface area contributed by atoms with Gasteiger partial charge in [0.15, 0.2) is 0 Å². The van der Waals surface area contributed by atoms with E-state index in [9.17, 15) is 10.1 Å². The van der Waals surface area contributed by atoms with Crippen LogP contribution in [-0.2, 0) is 0 Å². The van der Waals surface area contributed by atoms with E-state index in [0.29, 0.717) is 5.56 Å². The molecule has 0 N–H and O–H groups in total. The molecule has 5 heteroatoms. The molecule has 3 aromatic carbocycles. The number of hydrogen-bond acceptors (Lipinski definition) is 3. The summed E-state index contributed by atoms with van der Waals surface area (Å²) in [6.07, 6.45) is 0. The highest BCUT2D eigenvalue weighted by atomic mass is 32.1. The zero-order valence-electron chi connectivity index (χ0n) is 14.2. The van der Waals surface area contributed by atoms with Crippen LogP contribution in [0.15, 0.2) is 84.2 Å². The molecule has 0 bridgehead atoms. The minimum absolute atomic E-state index is 0.126. The van der Waals surface area contributed by atoms with E-state index in [2.05, 4.69) is 40.3 Å². The van der Waals surface area contributed by atoms with Gasteiger partial charge in [0.2, 0.25) is 0 Å². The summed E-state index contributed by atoms with van der Waals surface area (Å²) in [5.74, 6) is 0. The van der Waals surface area contributed by atoms with Gasteiger partial charge in [-0.15, -0.1) is 11.3 Å². The molecule has 0 saturated carbocycles. The van der Waals surface area contributed by atoms with Gasteiger partial charge in [0.05, 0.1) is 16.0 Å². The van der Waals surface area contributed by atoms with E-state index >= 15 is 0 Å². The van der Waals surface area contributed by atoms with Gasteiger partial charge in [-0.1, -0.05) is 36.4 Å². The van der Waals surface area contributed by atoms with E-state index in [1.54, 1.807) is 29.5 Å². The lowest BCUT2D eigenvalue weighted by atomic mass is 10.0. The molecule has 0 aliphatic heterocycles. The van der Waals surface area contributed by atoms with Gasteiger partial charge in [-0.25, -0.2) is 0 Å². The minimum Gasteiger partial charge on any atom is -0.301 e. The Bertz CT molecular complexity index is 1300. The number of nitro benzene ring substituents is 1. The number of fused-ring (bicyclic) bond motifs is 3. The third-order valence-corrected chi connectivity index (χ3v) is 5.70. The van der Waals surface area contributed by atoms with Crippen molar-refractivity contribution in [2.24, 2.45) is 0 Å². The first-order valence-electron chi connectivity index (χ1n) is 8.55. The average Bonchev–Trinajstić information content (AvgIpc) is 3.29. The second kappa shape index (κ2) is 6.07. The maximum atomic E-state index is 11.4. The van der Waals surface area contributed by atoms with E-state index in [4.69, 9.17) is 0 Å².